The highest BCUT2D eigenvalue weighted by Crippen LogP contribution is 2.07. The Morgan fingerprint density at radius 1 is 1.38 bits per heavy atom. The van der Waals surface area contributed by atoms with E-state index in [1.807, 2.05) is 0 Å². The predicted octanol–water partition coefficient (Wildman–Crippen LogP) is -0.0202. The molecule has 0 aromatic rings. The first-order valence-electron chi connectivity index (χ1n) is 2.41. The van der Waals surface area contributed by atoms with Crippen molar-refractivity contribution < 1.29 is 9.90 Å². The van der Waals surface area contributed by atoms with Crippen LogP contribution in [-0.4, -0.2) is 11.1 Å². The fourth-order valence-corrected chi connectivity index (χ4v) is 0.607. The highest BCUT2D eigenvalue weighted by Gasteiger charge is 2.19. The molecule has 0 saturated heterocycles. The summed E-state index contributed by atoms with van der Waals surface area (Å²) in [5.74, 6) is -0.801. The van der Waals surface area contributed by atoms with Gasteiger partial charge >= 0.3 is 5.97 Å². The quantitative estimate of drug-likeness (QED) is 0.438. The van der Waals surface area contributed by atoms with Crippen LogP contribution in [0.1, 0.15) is 0 Å². The lowest BCUT2D eigenvalue weighted by Gasteiger charge is -1.85. The normalized spacial score (nSPS) is 17.5. The van der Waals surface area contributed by atoms with Gasteiger partial charge in [-0.3, -0.25) is 0 Å². The second-order valence-electron chi connectivity index (χ2n) is 1.66. The summed E-state index contributed by atoms with van der Waals surface area (Å²) < 4.78 is 0. The Hall–Kier alpha value is -1.05. The monoisotopic (exact) mass is 111 g/mol. The molecule has 0 atom stereocenters. The van der Waals surface area contributed by atoms with Crippen molar-refractivity contribution in [3.8, 4) is 0 Å². The topological polar surface area (TPSA) is 40.0 Å². The van der Waals surface area contributed by atoms with Gasteiger partial charge in [0.2, 0.25) is 0 Å². The summed E-state index contributed by atoms with van der Waals surface area (Å²) >= 11 is 0. The zero-order valence-corrected chi connectivity index (χ0v) is 4.29. The fraction of sp³-hybridized carbons (Fsp3) is 0.167. The SMILES string of the molecule is O=C([OH2+])C1C=CC=C1. The van der Waals surface area contributed by atoms with E-state index in [-0.39, 0.29) is 5.92 Å². The van der Waals surface area contributed by atoms with Gasteiger partial charge in [0.15, 0.2) is 5.92 Å². The zero-order chi connectivity index (χ0) is 5.98. The van der Waals surface area contributed by atoms with E-state index in [1.54, 1.807) is 24.3 Å². The standard InChI is InChI=1S/C6H6O2/c7-6(8)5-3-1-2-4-5/h1-5H,(H,7,8)/p+1. The van der Waals surface area contributed by atoms with Gasteiger partial charge in [-0.15, -0.1) is 0 Å². The van der Waals surface area contributed by atoms with Crippen LogP contribution in [0.25, 0.3) is 0 Å². The molecule has 0 aromatic heterocycles. The number of hydrogen-bond donors (Lipinski definition) is 0. The Morgan fingerprint density at radius 2 is 1.88 bits per heavy atom. The average Bonchev–Trinajstić information content (AvgIpc) is 2.12. The molecule has 1 aliphatic rings. The van der Waals surface area contributed by atoms with Gasteiger partial charge in [-0.2, -0.15) is 0 Å². The summed E-state index contributed by atoms with van der Waals surface area (Å²) in [7, 11) is 0. The lowest BCUT2D eigenvalue weighted by molar-refractivity contribution is -0.138. The van der Waals surface area contributed by atoms with E-state index in [0.29, 0.717) is 0 Å². The van der Waals surface area contributed by atoms with E-state index < -0.39 is 5.97 Å². The van der Waals surface area contributed by atoms with Crippen molar-refractivity contribution in [2.75, 3.05) is 0 Å². The maximum absolute atomic E-state index is 10.2. The Labute approximate surface area is 47.1 Å². The maximum Gasteiger partial charge on any atom is 0.526 e. The molecule has 0 spiro atoms. The Kier molecular flexibility index (Phi) is 1.16. The van der Waals surface area contributed by atoms with Crippen LogP contribution in [0.15, 0.2) is 24.3 Å². The van der Waals surface area contributed by atoms with E-state index >= 15 is 0 Å². The molecule has 0 fully saturated rings. The molecule has 0 saturated carbocycles. The van der Waals surface area contributed by atoms with Crippen LogP contribution in [0, 0.1) is 5.92 Å². The van der Waals surface area contributed by atoms with Gasteiger partial charge in [0.25, 0.3) is 0 Å². The highest BCUT2D eigenvalue weighted by atomic mass is 16.4. The number of hydrogen-bond acceptors (Lipinski definition) is 1. The predicted molar refractivity (Wildman–Crippen MR) is 30.4 cm³/mol. The minimum Gasteiger partial charge on any atom is -0.564 e. The van der Waals surface area contributed by atoms with E-state index in [9.17, 15) is 4.79 Å². The van der Waals surface area contributed by atoms with Crippen LogP contribution >= 0.6 is 0 Å². The molecule has 42 valence electrons. The second-order valence-corrected chi connectivity index (χ2v) is 1.66. The van der Waals surface area contributed by atoms with Crippen molar-refractivity contribution >= 4 is 5.97 Å². The van der Waals surface area contributed by atoms with Crippen molar-refractivity contribution in [3.05, 3.63) is 24.3 Å². The van der Waals surface area contributed by atoms with Crippen LogP contribution in [0.2, 0.25) is 0 Å². The Balaban J connectivity index is 2.62. The van der Waals surface area contributed by atoms with Gasteiger partial charge in [0, 0.05) is 4.79 Å². The summed E-state index contributed by atoms with van der Waals surface area (Å²) in [4.78, 5) is 10.2. The molecule has 1 aliphatic carbocycles. The second kappa shape index (κ2) is 1.82. The van der Waals surface area contributed by atoms with Crippen LogP contribution in [0.3, 0.4) is 0 Å². The molecule has 2 N–H and O–H groups in total. The first-order valence-corrected chi connectivity index (χ1v) is 2.41. The fourth-order valence-electron chi connectivity index (χ4n) is 0.607. The van der Waals surface area contributed by atoms with E-state index in [4.69, 9.17) is 5.11 Å². The minimum absolute atomic E-state index is 0.269. The van der Waals surface area contributed by atoms with Crippen LogP contribution in [0.4, 0.5) is 0 Å². The third-order valence-corrected chi connectivity index (χ3v) is 1.05. The van der Waals surface area contributed by atoms with Crippen molar-refractivity contribution in [1.82, 2.24) is 0 Å². The highest BCUT2D eigenvalue weighted by molar-refractivity contribution is 5.75. The molecular weight excluding hydrogens is 104 g/mol. The lowest BCUT2D eigenvalue weighted by Crippen LogP contribution is -2.05. The molecule has 0 heterocycles. The van der Waals surface area contributed by atoms with Crippen LogP contribution < -0.4 is 0 Å². The van der Waals surface area contributed by atoms with E-state index in [2.05, 4.69) is 0 Å². The smallest absolute Gasteiger partial charge is 0.526 e. The molecule has 0 amide bonds. The van der Waals surface area contributed by atoms with Crippen molar-refractivity contribution in [2.45, 2.75) is 0 Å². The van der Waals surface area contributed by atoms with Crippen molar-refractivity contribution in [2.24, 2.45) is 5.92 Å². The number of carbonyl (C=O) groups excluding carboxylic acids is 1. The third kappa shape index (κ3) is 0.780. The van der Waals surface area contributed by atoms with Gasteiger partial charge in [-0.05, 0) is 0 Å². The van der Waals surface area contributed by atoms with Gasteiger partial charge in [-0.1, -0.05) is 24.3 Å². The van der Waals surface area contributed by atoms with Gasteiger partial charge in [0.1, 0.15) is 0 Å². The summed E-state index contributed by atoms with van der Waals surface area (Å²) in [5, 5.41) is 6.63. The van der Waals surface area contributed by atoms with Crippen LogP contribution in [0.5, 0.6) is 0 Å². The molecule has 0 unspecified atom stereocenters. The summed E-state index contributed by atoms with van der Waals surface area (Å²) in [5.41, 5.74) is 0. The third-order valence-electron chi connectivity index (χ3n) is 1.05. The molecule has 0 aromatic carbocycles. The first-order chi connectivity index (χ1) is 3.80. The molecule has 2 heteroatoms. The van der Waals surface area contributed by atoms with Gasteiger partial charge in [-0.25, -0.2) is 0 Å². The number of allylic oxidation sites excluding steroid dienone is 2. The average molecular weight is 111 g/mol. The van der Waals surface area contributed by atoms with Crippen molar-refractivity contribution in [3.63, 3.8) is 0 Å². The summed E-state index contributed by atoms with van der Waals surface area (Å²) in [6, 6.07) is 0. The molecule has 1 rings (SSSR count). The maximum atomic E-state index is 10.2. The lowest BCUT2D eigenvalue weighted by atomic mass is 10.2. The number of rotatable bonds is 1. The Morgan fingerprint density at radius 3 is 2.12 bits per heavy atom. The van der Waals surface area contributed by atoms with Crippen molar-refractivity contribution in [1.29, 1.82) is 0 Å². The molecule has 8 heavy (non-hydrogen) atoms. The largest absolute Gasteiger partial charge is 0.564 e. The van der Waals surface area contributed by atoms with Gasteiger partial charge in [0.05, 0.1) is 0 Å². The van der Waals surface area contributed by atoms with E-state index in [0.717, 1.165) is 0 Å². The van der Waals surface area contributed by atoms with Gasteiger partial charge < -0.3 is 5.11 Å². The van der Waals surface area contributed by atoms with Crippen LogP contribution in [-0.2, 0) is 4.79 Å². The number of carbonyl (C=O) groups is 1. The Bertz CT molecular complexity index is 144. The first kappa shape index (κ1) is 5.09. The van der Waals surface area contributed by atoms with E-state index in [1.165, 1.54) is 0 Å². The zero-order valence-electron chi connectivity index (χ0n) is 4.29. The molecular formula is C6H7O2+. The summed E-state index contributed by atoms with van der Waals surface area (Å²) in [6.07, 6.45) is 6.96. The summed E-state index contributed by atoms with van der Waals surface area (Å²) in [6.45, 7) is 0. The molecule has 0 aliphatic heterocycles. The minimum atomic E-state index is -0.532. The molecule has 0 bridgehead atoms. The molecule has 2 nitrogen and oxygen atoms in total. The molecule has 0 radical (unpaired) electrons.